The molecule has 0 bridgehead atoms. The van der Waals surface area contributed by atoms with Gasteiger partial charge < -0.3 is 19.3 Å². The molecule has 1 fully saturated rings. The van der Waals surface area contributed by atoms with E-state index in [1.165, 1.54) is 0 Å². The molecule has 114 valence electrons. The molecule has 1 N–H and O–H groups in total. The highest BCUT2D eigenvalue weighted by Gasteiger charge is 2.50. The maximum absolute atomic E-state index is 9.81. The molecule has 4 heteroatoms. The van der Waals surface area contributed by atoms with Gasteiger partial charge in [0.25, 0.3) is 0 Å². The van der Waals surface area contributed by atoms with Crippen molar-refractivity contribution in [2.24, 2.45) is 0 Å². The van der Waals surface area contributed by atoms with Gasteiger partial charge in [0.15, 0.2) is 0 Å². The van der Waals surface area contributed by atoms with Crippen molar-refractivity contribution in [3.63, 3.8) is 0 Å². The van der Waals surface area contributed by atoms with Gasteiger partial charge >= 0.3 is 0 Å². The summed E-state index contributed by atoms with van der Waals surface area (Å²) in [5.74, 6) is 0. The summed E-state index contributed by atoms with van der Waals surface area (Å²) in [6.07, 6.45) is 0.712. The molecule has 0 aromatic carbocycles. The SMILES string of the molecule is C[C@H]1C[C@@H](OC(C)(C)C)[C@@](CO)(COC(C)(C)C)O1. The van der Waals surface area contributed by atoms with Gasteiger partial charge in [-0.1, -0.05) is 0 Å². The first-order valence-electron chi connectivity index (χ1n) is 7.08. The van der Waals surface area contributed by atoms with Crippen LogP contribution in [0.2, 0.25) is 0 Å². The summed E-state index contributed by atoms with van der Waals surface area (Å²) in [6.45, 7) is 14.3. The minimum Gasteiger partial charge on any atom is -0.393 e. The van der Waals surface area contributed by atoms with E-state index < -0.39 is 5.60 Å². The molecule has 1 saturated heterocycles. The first-order chi connectivity index (χ1) is 8.47. The maximum atomic E-state index is 9.81. The molecule has 4 nitrogen and oxygen atoms in total. The lowest BCUT2D eigenvalue weighted by Crippen LogP contribution is -2.52. The third kappa shape index (κ3) is 5.03. The fraction of sp³-hybridized carbons (Fsp3) is 1.00. The molecule has 0 unspecified atom stereocenters. The Bertz CT molecular complexity index is 290. The van der Waals surface area contributed by atoms with Crippen LogP contribution in [0.1, 0.15) is 54.9 Å². The Hall–Kier alpha value is -0.160. The molecule has 0 saturated carbocycles. The van der Waals surface area contributed by atoms with Crippen molar-refractivity contribution in [1.82, 2.24) is 0 Å². The van der Waals surface area contributed by atoms with Crippen LogP contribution in [0.15, 0.2) is 0 Å². The molecule has 0 aromatic rings. The van der Waals surface area contributed by atoms with Gasteiger partial charge in [0.1, 0.15) is 5.60 Å². The van der Waals surface area contributed by atoms with E-state index in [0.717, 1.165) is 6.42 Å². The molecular weight excluding hydrogens is 244 g/mol. The zero-order valence-corrected chi connectivity index (χ0v) is 13.4. The van der Waals surface area contributed by atoms with E-state index in [1.807, 2.05) is 48.5 Å². The fourth-order valence-corrected chi connectivity index (χ4v) is 2.27. The second-order valence-electron chi connectivity index (χ2n) is 7.51. The molecule has 0 aliphatic carbocycles. The van der Waals surface area contributed by atoms with Crippen LogP contribution in [-0.2, 0) is 14.2 Å². The Labute approximate surface area is 117 Å². The smallest absolute Gasteiger partial charge is 0.141 e. The predicted octanol–water partition coefficient (Wildman–Crippen LogP) is 2.53. The van der Waals surface area contributed by atoms with E-state index in [0.29, 0.717) is 6.61 Å². The van der Waals surface area contributed by atoms with Gasteiger partial charge in [0.05, 0.1) is 36.6 Å². The standard InChI is InChI=1S/C15H30O4/c1-11-8-12(19-14(5,6)7)15(9-16,18-11)10-17-13(2,3)4/h11-12,16H,8-10H2,1-7H3/t11-,12+,15+/m0/s1. The van der Waals surface area contributed by atoms with Crippen molar-refractivity contribution >= 4 is 0 Å². The largest absolute Gasteiger partial charge is 0.393 e. The third-order valence-corrected chi connectivity index (χ3v) is 3.08. The predicted molar refractivity (Wildman–Crippen MR) is 75.3 cm³/mol. The number of hydrogen-bond donors (Lipinski definition) is 1. The Morgan fingerprint density at radius 1 is 1.16 bits per heavy atom. The molecule has 0 amide bonds. The number of ether oxygens (including phenoxy) is 3. The van der Waals surface area contributed by atoms with Crippen molar-refractivity contribution in [2.75, 3.05) is 13.2 Å². The molecule has 1 heterocycles. The highest BCUT2D eigenvalue weighted by Crippen LogP contribution is 2.36. The summed E-state index contributed by atoms with van der Waals surface area (Å²) in [4.78, 5) is 0. The van der Waals surface area contributed by atoms with Gasteiger partial charge in [-0.05, 0) is 48.5 Å². The highest BCUT2D eigenvalue weighted by molar-refractivity contribution is 4.98. The average molecular weight is 274 g/mol. The molecule has 1 aliphatic rings. The molecule has 0 spiro atoms. The lowest BCUT2D eigenvalue weighted by atomic mass is 9.96. The van der Waals surface area contributed by atoms with E-state index in [-0.39, 0.29) is 30.0 Å². The number of aliphatic hydroxyl groups excluding tert-OH is 1. The van der Waals surface area contributed by atoms with E-state index in [9.17, 15) is 5.11 Å². The van der Waals surface area contributed by atoms with Gasteiger partial charge in [-0.25, -0.2) is 0 Å². The van der Waals surface area contributed by atoms with Crippen LogP contribution in [0.5, 0.6) is 0 Å². The molecule has 0 radical (unpaired) electrons. The van der Waals surface area contributed by atoms with E-state index in [4.69, 9.17) is 14.2 Å². The van der Waals surface area contributed by atoms with Crippen LogP contribution in [-0.4, -0.2) is 47.3 Å². The van der Waals surface area contributed by atoms with E-state index >= 15 is 0 Å². The van der Waals surface area contributed by atoms with E-state index in [1.54, 1.807) is 0 Å². The number of rotatable bonds is 4. The molecule has 0 aromatic heterocycles. The molecule has 3 atom stereocenters. The zero-order chi connectivity index (χ0) is 14.9. The van der Waals surface area contributed by atoms with Crippen LogP contribution in [0.3, 0.4) is 0 Å². The van der Waals surface area contributed by atoms with Crippen molar-refractivity contribution in [2.45, 2.75) is 83.9 Å². The summed E-state index contributed by atoms with van der Waals surface area (Å²) in [5, 5.41) is 9.81. The van der Waals surface area contributed by atoms with Gasteiger partial charge in [0.2, 0.25) is 0 Å². The van der Waals surface area contributed by atoms with Gasteiger partial charge in [-0.3, -0.25) is 0 Å². The minimum atomic E-state index is -0.750. The number of hydrogen-bond acceptors (Lipinski definition) is 4. The van der Waals surface area contributed by atoms with E-state index in [2.05, 4.69) is 0 Å². The third-order valence-electron chi connectivity index (χ3n) is 3.08. The van der Waals surface area contributed by atoms with Crippen LogP contribution < -0.4 is 0 Å². The van der Waals surface area contributed by atoms with Crippen LogP contribution >= 0.6 is 0 Å². The van der Waals surface area contributed by atoms with Crippen LogP contribution in [0.25, 0.3) is 0 Å². The van der Waals surface area contributed by atoms with Crippen LogP contribution in [0, 0.1) is 0 Å². The second-order valence-corrected chi connectivity index (χ2v) is 7.51. The summed E-state index contributed by atoms with van der Waals surface area (Å²) in [6, 6.07) is 0. The number of aliphatic hydroxyl groups is 1. The van der Waals surface area contributed by atoms with Crippen molar-refractivity contribution < 1.29 is 19.3 Å². The Morgan fingerprint density at radius 3 is 2.16 bits per heavy atom. The Balaban J connectivity index is 2.81. The van der Waals surface area contributed by atoms with Crippen molar-refractivity contribution in [3.05, 3.63) is 0 Å². The lowest BCUT2D eigenvalue weighted by Gasteiger charge is -2.37. The van der Waals surface area contributed by atoms with Crippen LogP contribution in [0.4, 0.5) is 0 Å². The summed E-state index contributed by atoms with van der Waals surface area (Å²) in [7, 11) is 0. The zero-order valence-electron chi connectivity index (χ0n) is 13.4. The van der Waals surface area contributed by atoms with Crippen molar-refractivity contribution in [3.8, 4) is 0 Å². The van der Waals surface area contributed by atoms with Gasteiger partial charge in [0, 0.05) is 6.42 Å². The molecule has 1 aliphatic heterocycles. The Kier molecular flexibility index (Phi) is 5.05. The fourth-order valence-electron chi connectivity index (χ4n) is 2.27. The molecular formula is C15H30O4. The topological polar surface area (TPSA) is 47.9 Å². The summed E-state index contributed by atoms with van der Waals surface area (Å²) in [5.41, 5.74) is -1.27. The second kappa shape index (κ2) is 5.68. The maximum Gasteiger partial charge on any atom is 0.141 e. The Morgan fingerprint density at radius 2 is 1.74 bits per heavy atom. The monoisotopic (exact) mass is 274 g/mol. The minimum absolute atomic E-state index is 0.0723. The van der Waals surface area contributed by atoms with Gasteiger partial charge in [-0.2, -0.15) is 0 Å². The average Bonchev–Trinajstić information content (AvgIpc) is 2.49. The molecule has 19 heavy (non-hydrogen) atoms. The van der Waals surface area contributed by atoms with Gasteiger partial charge in [-0.15, -0.1) is 0 Å². The molecule has 1 rings (SSSR count). The summed E-state index contributed by atoms with van der Waals surface area (Å²) >= 11 is 0. The highest BCUT2D eigenvalue weighted by atomic mass is 16.6. The summed E-state index contributed by atoms with van der Waals surface area (Å²) < 4.78 is 17.9. The van der Waals surface area contributed by atoms with Crippen molar-refractivity contribution in [1.29, 1.82) is 0 Å². The quantitative estimate of drug-likeness (QED) is 0.856. The normalized spacial score (nSPS) is 32.8. The first-order valence-corrected chi connectivity index (χ1v) is 7.08. The first kappa shape index (κ1) is 16.9. The lowest BCUT2D eigenvalue weighted by molar-refractivity contribution is -0.196.